The maximum absolute atomic E-state index is 12.6. The minimum Gasteiger partial charge on any atom is -0.334 e. The van der Waals surface area contributed by atoms with E-state index in [1.165, 1.54) is 12.0 Å². The summed E-state index contributed by atoms with van der Waals surface area (Å²) in [5.74, 6) is 1.33. The highest BCUT2D eigenvalue weighted by Gasteiger charge is 2.54. The van der Waals surface area contributed by atoms with Crippen LogP contribution in [0.15, 0.2) is 54.9 Å². The Morgan fingerprint density at radius 1 is 1.23 bits per heavy atom. The van der Waals surface area contributed by atoms with Crippen molar-refractivity contribution in [3.05, 3.63) is 66.0 Å². The van der Waals surface area contributed by atoms with Crippen LogP contribution in [0.2, 0.25) is 0 Å². The van der Waals surface area contributed by atoms with Crippen LogP contribution in [-0.4, -0.2) is 22.5 Å². The number of nitrogens with zero attached hydrogens (tertiary/aromatic N) is 2. The number of aromatic nitrogens is 1. The topological polar surface area (TPSA) is 45.2 Å². The molecule has 2 amide bonds. The van der Waals surface area contributed by atoms with Gasteiger partial charge < -0.3 is 10.2 Å². The molecule has 2 fully saturated rings. The van der Waals surface area contributed by atoms with Crippen LogP contribution < -0.4 is 5.32 Å². The molecular weight excluding hydrogens is 274 g/mol. The summed E-state index contributed by atoms with van der Waals surface area (Å²) in [7, 11) is 0. The molecule has 4 nitrogen and oxygen atoms in total. The highest BCUT2D eigenvalue weighted by Crippen LogP contribution is 2.56. The van der Waals surface area contributed by atoms with Gasteiger partial charge in [-0.25, -0.2) is 4.79 Å². The molecule has 0 bridgehead atoms. The maximum Gasteiger partial charge on any atom is 0.318 e. The summed E-state index contributed by atoms with van der Waals surface area (Å²) in [6, 6.07) is 14.5. The lowest BCUT2D eigenvalue weighted by atomic mass is 10.0. The van der Waals surface area contributed by atoms with E-state index in [9.17, 15) is 4.79 Å². The molecule has 3 atom stereocenters. The number of piperidine rings is 1. The second-order valence-electron chi connectivity index (χ2n) is 6.19. The molecule has 0 unspecified atom stereocenters. The van der Waals surface area contributed by atoms with Crippen molar-refractivity contribution < 1.29 is 4.79 Å². The first kappa shape index (κ1) is 13.3. The van der Waals surface area contributed by atoms with E-state index in [-0.39, 0.29) is 12.1 Å². The van der Waals surface area contributed by atoms with Gasteiger partial charge in [-0.05, 0) is 35.4 Å². The van der Waals surface area contributed by atoms with E-state index in [1.54, 1.807) is 12.4 Å². The first-order valence-corrected chi connectivity index (χ1v) is 7.81. The number of hydrogen-bond donors (Lipinski definition) is 1. The fourth-order valence-electron chi connectivity index (χ4n) is 3.53. The van der Waals surface area contributed by atoms with E-state index in [0.29, 0.717) is 18.4 Å². The Labute approximate surface area is 130 Å². The van der Waals surface area contributed by atoms with Gasteiger partial charge in [-0.3, -0.25) is 4.98 Å². The standard InChI is InChI=1S/C18H19N3O/c22-18(20-11-13-5-4-8-19-10-13)21-12-15-9-16(15)17(21)14-6-2-1-3-7-14/h1-8,10,15-17H,9,11-12H2,(H,20,22)/t15-,16-,17-/m0/s1. The number of carbonyl (C=O) groups is 1. The number of fused-ring (bicyclic) bond motifs is 1. The van der Waals surface area contributed by atoms with Crippen LogP contribution in [0.1, 0.15) is 23.6 Å². The van der Waals surface area contributed by atoms with Gasteiger partial charge >= 0.3 is 6.03 Å². The number of benzene rings is 1. The van der Waals surface area contributed by atoms with E-state index in [0.717, 1.165) is 12.1 Å². The van der Waals surface area contributed by atoms with Gasteiger partial charge in [0.15, 0.2) is 0 Å². The van der Waals surface area contributed by atoms with E-state index >= 15 is 0 Å². The van der Waals surface area contributed by atoms with Crippen LogP contribution in [0, 0.1) is 11.8 Å². The third kappa shape index (κ3) is 2.45. The lowest BCUT2D eigenvalue weighted by molar-refractivity contribution is 0.182. The molecule has 1 saturated carbocycles. The molecule has 1 aliphatic carbocycles. The molecule has 112 valence electrons. The first-order valence-electron chi connectivity index (χ1n) is 7.81. The Bertz CT molecular complexity index is 659. The predicted octanol–water partition coefficient (Wildman–Crippen LogP) is 2.98. The summed E-state index contributed by atoms with van der Waals surface area (Å²) >= 11 is 0. The number of likely N-dealkylation sites (tertiary alicyclic amines) is 1. The zero-order valence-electron chi connectivity index (χ0n) is 12.4. The zero-order chi connectivity index (χ0) is 14.9. The Hall–Kier alpha value is -2.36. The number of amides is 2. The number of carbonyl (C=O) groups excluding carboxylic acids is 1. The Morgan fingerprint density at radius 3 is 2.86 bits per heavy atom. The van der Waals surface area contributed by atoms with E-state index in [4.69, 9.17) is 0 Å². The molecule has 0 spiro atoms. The smallest absolute Gasteiger partial charge is 0.318 e. The minimum absolute atomic E-state index is 0.0323. The first-order chi connectivity index (χ1) is 10.8. The van der Waals surface area contributed by atoms with Crippen molar-refractivity contribution in [3.8, 4) is 0 Å². The Balaban J connectivity index is 1.46. The van der Waals surface area contributed by atoms with Gasteiger partial charge in [0.1, 0.15) is 0 Å². The zero-order valence-corrected chi connectivity index (χ0v) is 12.4. The molecule has 4 heteroatoms. The van der Waals surface area contributed by atoms with Gasteiger partial charge in [-0.1, -0.05) is 36.4 Å². The average molecular weight is 293 g/mol. The molecule has 4 rings (SSSR count). The number of pyridine rings is 1. The molecule has 1 N–H and O–H groups in total. The molecule has 2 heterocycles. The van der Waals surface area contributed by atoms with Crippen LogP contribution in [0.5, 0.6) is 0 Å². The van der Waals surface area contributed by atoms with Crippen molar-refractivity contribution in [3.63, 3.8) is 0 Å². The molecule has 22 heavy (non-hydrogen) atoms. The van der Waals surface area contributed by atoms with Crippen LogP contribution in [-0.2, 0) is 6.54 Å². The lowest BCUT2D eigenvalue weighted by Crippen LogP contribution is -2.40. The van der Waals surface area contributed by atoms with Gasteiger partial charge in [-0.2, -0.15) is 0 Å². The average Bonchev–Trinajstić information content (AvgIpc) is 3.24. The summed E-state index contributed by atoms with van der Waals surface area (Å²) in [4.78, 5) is 18.6. The number of nitrogens with one attached hydrogen (secondary N) is 1. The predicted molar refractivity (Wildman–Crippen MR) is 84.0 cm³/mol. The quantitative estimate of drug-likeness (QED) is 0.945. The van der Waals surface area contributed by atoms with Crippen molar-refractivity contribution in [2.45, 2.75) is 19.0 Å². The Kier molecular flexibility index (Phi) is 3.29. The summed E-state index contributed by atoms with van der Waals surface area (Å²) in [6.45, 7) is 1.41. The molecule has 1 aliphatic heterocycles. The molecule has 2 aromatic rings. The van der Waals surface area contributed by atoms with E-state index in [1.807, 2.05) is 23.1 Å². The van der Waals surface area contributed by atoms with Crippen molar-refractivity contribution in [2.24, 2.45) is 11.8 Å². The summed E-state index contributed by atoms with van der Waals surface area (Å²) < 4.78 is 0. The highest BCUT2D eigenvalue weighted by molar-refractivity contribution is 5.75. The van der Waals surface area contributed by atoms with Crippen LogP contribution in [0.4, 0.5) is 4.79 Å². The largest absolute Gasteiger partial charge is 0.334 e. The molecule has 1 aromatic carbocycles. The van der Waals surface area contributed by atoms with E-state index < -0.39 is 0 Å². The molecule has 2 aliphatic rings. The number of hydrogen-bond acceptors (Lipinski definition) is 2. The van der Waals surface area contributed by atoms with Crippen molar-refractivity contribution in [1.29, 1.82) is 0 Å². The SMILES string of the molecule is O=C(NCc1cccnc1)N1C[C@@H]2C[C@@H]2[C@@H]1c1ccccc1. The van der Waals surface area contributed by atoms with Gasteiger partial charge in [0.05, 0.1) is 6.04 Å². The third-order valence-electron chi connectivity index (χ3n) is 4.72. The molecule has 1 aromatic heterocycles. The van der Waals surface area contributed by atoms with Crippen LogP contribution >= 0.6 is 0 Å². The fraction of sp³-hybridized carbons (Fsp3) is 0.333. The summed E-state index contributed by atoms with van der Waals surface area (Å²) in [6.07, 6.45) is 4.78. The lowest BCUT2D eigenvalue weighted by Gasteiger charge is -2.28. The van der Waals surface area contributed by atoms with Crippen LogP contribution in [0.25, 0.3) is 0 Å². The van der Waals surface area contributed by atoms with Gasteiger partial charge in [0.2, 0.25) is 0 Å². The monoisotopic (exact) mass is 293 g/mol. The van der Waals surface area contributed by atoms with Gasteiger partial charge in [0, 0.05) is 25.5 Å². The molecule has 1 saturated heterocycles. The minimum atomic E-state index is 0.0323. The molecular formula is C18H19N3O. The number of urea groups is 1. The van der Waals surface area contributed by atoms with Crippen molar-refractivity contribution in [1.82, 2.24) is 15.2 Å². The molecule has 0 radical (unpaired) electrons. The van der Waals surface area contributed by atoms with Crippen molar-refractivity contribution >= 4 is 6.03 Å². The summed E-state index contributed by atoms with van der Waals surface area (Å²) in [5.41, 5.74) is 2.28. The fourth-order valence-corrected chi connectivity index (χ4v) is 3.53. The number of rotatable bonds is 3. The second kappa shape index (κ2) is 5.44. The highest BCUT2D eigenvalue weighted by atomic mass is 16.2. The normalized spacial score (nSPS) is 25.6. The van der Waals surface area contributed by atoms with Gasteiger partial charge in [0.25, 0.3) is 0 Å². The van der Waals surface area contributed by atoms with Crippen LogP contribution in [0.3, 0.4) is 0 Å². The van der Waals surface area contributed by atoms with E-state index in [2.05, 4.69) is 34.6 Å². The van der Waals surface area contributed by atoms with Gasteiger partial charge in [-0.15, -0.1) is 0 Å². The maximum atomic E-state index is 12.6. The van der Waals surface area contributed by atoms with Crippen molar-refractivity contribution in [2.75, 3.05) is 6.54 Å². The summed E-state index contributed by atoms with van der Waals surface area (Å²) in [5, 5.41) is 3.03. The second-order valence-corrected chi connectivity index (χ2v) is 6.19. The Morgan fingerprint density at radius 2 is 2.09 bits per heavy atom. The third-order valence-corrected chi connectivity index (χ3v) is 4.72.